The van der Waals surface area contributed by atoms with Gasteiger partial charge < -0.3 is 0 Å². The Bertz CT molecular complexity index is 316. The minimum absolute atomic E-state index is 0.384. The van der Waals surface area contributed by atoms with Crippen LogP contribution in [0.4, 0.5) is 8.78 Å². The monoisotopic (exact) mass is 282 g/mol. The van der Waals surface area contributed by atoms with Crippen LogP contribution in [0.25, 0.3) is 0 Å². The average molecular weight is 283 g/mol. The second kappa shape index (κ2) is 5.53. The third-order valence-corrected chi connectivity index (χ3v) is 2.61. The van der Waals surface area contributed by atoms with Crippen molar-refractivity contribution < 1.29 is 8.78 Å². The third kappa shape index (κ3) is 2.73. The Hall–Kier alpha value is -0.530. The number of hydrogen-bond donors (Lipinski definition) is 2. The number of nitrogens with one attached hydrogen (secondary N) is 1. The molecule has 15 heavy (non-hydrogen) atoms. The normalized spacial score (nSPS) is 13.5. The van der Waals surface area contributed by atoms with Crippen molar-refractivity contribution in [2.45, 2.75) is 32.4 Å². The number of rotatable bonds is 5. The van der Waals surface area contributed by atoms with Crippen molar-refractivity contribution >= 4 is 15.9 Å². The first-order chi connectivity index (χ1) is 7.11. The van der Waals surface area contributed by atoms with Crippen LogP contribution in [0.5, 0.6) is 0 Å². The van der Waals surface area contributed by atoms with Crippen LogP contribution in [0, 0.1) is 0 Å². The lowest BCUT2D eigenvalue weighted by molar-refractivity contribution is 0.0939. The molecule has 0 aromatic carbocycles. The van der Waals surface area contributed by atoms with E-state index in [1.807, 2.05) is 6.92 Å². The molecule has 0 bridgehead atoms. The van der Waals surface area contributed by atoms with Crippen LogP contribution in [0.15, 0.2) is 10.7 Å². The number of hydrazine groups is 1. The van der Waals surface area contributed by atoms with Gasteiger partial charge in [0, 0.05) is 6.54 Å². The van der Waals surface area contributed by atoms with Crippen LogP contribution in [-0.4, -0.2) is 16.2 Å². The van der Waals surface area contributed by atoms with E-state index >= 15 is 0 Å². The molecule has 4 nitrogen and oxygen atoms in total. The molecule has 1 aromatic rings. The molecule has 1 atom stereocenters. The summed E-state index contributed by atoms with van der Waals surface area (Å²) in [7, 11) is 0. The Kier molecular flexibility index (Phi) is 4.62. The Morgan fingerprint density at radius 3 is 2.80 bits per heavy atom. The summed E-state index contributed by atoms with van der Waals surface area (Å²) in [5.41, 5.74) is 2.49. The second-order valence-electron chi connectivity index (χ2n) is 3.08. The molecule has 86 valence electrons. The fraction of sp³-hybridized carbons (Fsp3) is 0.625. The summed E-state index contributed by atoms with van der Waals surface area (Å²) >= 11 is 3.18. The first kappa shape index (κ1) is 12.5. The van der Waals surface area contributed by atoms with Gasteiger partial charge in [0.2, 0.25) is 0 Å². The Balaban J connectivity index is 3.03. The number of aromatic nitrogens is 2. The van der Waals surface area contributed by atoms with E-state index in [0.29, 0.717) is 16.7 Å². The van der Waals surface area contributed by atoms with Crippen molar-refractivity contribution in [3.63, 3.8) is 0 Å². The summed E-state index contributed by atoms with van der Waals surface area (Å²) in [6, 6.07) is -1.20. The molecule has 0 aliphatic carbocycles. The maximum Gasteiger partial charge on any atom is 0.260 e. The summed E-state index contributed by atoms with van der Waals surface area (Å²) in [5.74, 6) is 5.11. The zero-order valence-electron chi connectivity index (χ0n) is 8.25. The Labute approximate surface area is 94.9 Å². The first-order valence-electron chi connectivity index (χ1n) is 4.57. The largest absolute Gasteiger partial charge is 0.271 e. The maximum atomic E-state index is 12.7. The van der Waals surface area contributed by atoms with Crippen LogP contribution in [0.1, 0.15) is 25.1 Å². The summed E-state index contributed by atoms with van der Waals surface area (Å²) < 4.78 is 27.4. The lowest BCUT2D eigenvalue weighted by Gasteiger charge is -2.17. The van der Waals surface area contributed by atoms with Gasteiger partial charge in [-0.2, -0.15) is 5.10 Å². The molecule has 7 heteroatoms. The molecule has 0 spiro atoms. The van der Waals surface area contributed by atoms with Crippen molar-refractivity contribution in [2.75, 3.05) is 0 Å². The van der Waals surface area contributed by atoms with E-state index in [0.717, 1.165) is 6.42 Å². The number of hydrogen-bond acceptors (Lipinski definition) is 3. The molecular weight excluding hydrogens is 270 g/mol. The molecule has 1 heterocycles. The number of nitrogens with zero attached hydrogens (tertiary/aromatic N) is 2. The molecule has 0 amide bonds. The third-order valence-electron chi connectivity index (χ3n) is 1.99. The van der Waals surface area contributed by atoms with Crippen LogP contribution >= 0.6 is 15.9 Å². The van der Waals surface area contributed by atoms with E-state index < -0.39 is 12.5 Å². The van der Waals surface area contributed by atoms with E-state index in [4.69, 9.17) is 5.84 Å². The van der Waals surface area contributed by atoms with Crippen LogP contribution in [0.3, 0.4) is 0 Å². The minimum Gasteiger partial charge on any atom is -0.271 e. The number of aryl methyl sites for hydroxylation is 1. The van der Waals surface area contributed by atoms with E-state index in [2.05, 4.69) is 26.5 Å². The van der Waals surface area contributed by atoms with Gasteiger partial charge in [-0.15, -0.1) is 0 Å². The van der Waals surface area contributed by atoms with Crippen molar-refractivity contribution in [1.82, 2.24) is 15.2 Å². The predicted octanol–water partition coefficient (Wildman–Crippen LogP) is 1.83. The van der Waals surface area contributed by atoms with E-state index in [9.17, 15) is 8.78 Å². The molecule has 0 radical (unpaired) electrons. The summed E-state index contributed by atoms with van der Waals surface area (Å²) in [4.78, 5) is 0. The second-order valence-corrected chi connectivity index (χ2v) is 3.93. The smallest absolute Gasteiger partial charge is 0.260 e. The zero-order chi connectivity index (χ0) is 11.4. The van der Waals surface area contributed by atoms with Gasteiger partial charge >= 0.3 is 0 Å². The SMILES string of the molecule is CCCn1ncc(Br)c1C(NN)C(F)F. The van der Waals surface area contributed by atoms with E-state index in [1.54, 1.807) is 0 Å². The highest BCUT2D eigenvalue weighted by atomic mass is 79.9. The van der Waals surface area contributed by atoms with E-state index in [1.165, 1.54) is 10.9 Å². The standard InChI is InChI=1S/C8H13BrF2N4/c1-2-3-15-7(5(9)4-13-15)6(14-12)8(10)11/h4,6,8,14H,2-3,12H2,1H3. The fourth-order valence-electron chi connectivity index (χ4n) is 1.34. The average Bonchev–Trinajstić information content (AvgIpc) is 2.51. The highest BCUT2D eigenvalue weighted by molar-refractivity contribution is 9.10. The lowest BCUT2D eigenvalue weighted by Crippen LogP contribution is -2.34. The molecular formula is C8H13BrF2N4. The molecule has 1 rings (SSSR count). The fourth-order valence-corrected chi connectivity index (χ4v) is 1.88. The molecule has 0 aliphatic rings. The maximum absolute atomic E-state index is 12.7. The van der Waals surface area contributed by atoms with Crippen molar-refractivity contribution in [3.8, 4) is 0 Å². The molecule has 0 saturated heterocycles. The summed E-state index contributed by atoms with van der Waals surface area (Å²) in [6.45, 7) is 2.54. The number of halogens is 3. The van der Waals surface area contributed by atoms with Crippen molar-refractivity contribution in [2.24, 2.45) is 5.84 Å². The predicted molar refractivity (Wildman–Crippen MR) is 56.3 cm³/mol. The van der Waals surface area contributed by atoms with E-state index in [-0.39, 0.29) is 0 Å². The molecule has 1 unspecified atom stereocenters. The number of nitrogens with two attached hydrogens (primary N) is 1. The van der Waals surface area contributed by atoms with Gasteiger partial charge in [-0.1, -0.05) is 6.92 Å². The van der Waals surface area contributed by atoms with Gasteiger partial charge in [0.1, 0.15) is 6.04 Å². The minimum atomic E-state index is -2.57. The summed E-state index contributed by atoms with van der Waals surface area (Å²) in [5, 5.41) is 4.00. The van der Waals surface area contributed by atoms with Crippen LogP contribution < -0.4 is 11.3 Å². The van der Waals surface area contributed by atoms with Gasteiger partial charge in [-0.05, 0) is 22.4 Å². The van der Waals surface area contributed by atoms with Gasteiger partial charge in [0.15, 0.2) is 0 Å². The molecule has 0 saturated carbocycles. The Morgan fingerprint density at radius 2 is 2.33 bits per heavy atom. The van der Waals surface area contributed by atoms with Gasteiger partial charge in [0.05, 0.1) is 16.4 Å². The topological polar surface area (TPSA) is 55.9 Å². The van der Waals surface area contributed by atoms with Gasteiger partial charge in [-0.3, -0.25) is 10.5 Å². The molecule has 0 fully saturated rings. The highest BCUT2D eigenvalue weighted by Crippen LogP contribution is 2.27. The van der Waals surface area contributed by atoms with Crippen molar-refractivity contribution in [1.29, 1.82) is 0 Å². The molecule has 0 aliphatic heterocycles. The summed E-state index contributed by atoms with van der Waals surface area (Å²) in [6.07, 6.45) is -0.252. The quantitative estimate of drug-likeness (QED) is 0.640. The highest BCUT2D eigenvalue weighted by Gasteiger charge is 2.27. The Morgan fingerprint density at radius 1 is 1.67 bits per heavy atom. The van der Waals surface area contributed by atoms with Crippen molar-refractivity contribution in [3.05, 3.63) is 16.4 Å². The first-order valence-corrected chi connectivity index (χ1v) is 5.36. The molecule has 1 aromatic heterocycles. The number of alkyl halides is 2. The van der Waals surface area contributed by atoms with Gasteiger partial charge in [-0.25, -0.2) is 14.2 Å². The van der Waals surface area contributed by atoms with Gasteiger partial charge in [0.25, 0.3) is 6.43 Å². The van der Waals surface area contributed by atoms with Crippen LogP contribution in [0.2, 0.25) is 0 Å². The van der Waals surface area contributed by atoms with Crippen LogP contribution in [-0.2, 0) is 6.54 Å². The molecule has 3 N–H and O–H groups in total. The zero-order valence-corrected chi connectivity index (χ0v) is 9.84. The lowest BCUT2D eigenvalue weighted by atomic mass is 10.2.